The maximum absolute atomic E-state index is 12.0. The van der Waals surface area contributed by atoms with E-state index in [9.17, 15) is 8.42 Å². The smallest absolute Gasteiger partial charge is 0.240 e. The van der Waals surface area contributed by atoms with Gasteiger partial charge < -0.3 is 4.74 Å². The Bertz CT molecular complexity index is 439. The highest BCUT2D eigenvalue weighted by molar-refractivity contribution is 7.89. The lowest BCUT2D eigenvalue weighted by atomic mass is 10.2. The molecule has 1 aromatic carbocycles. The van der Waals surface area contributed by atoms with E-state index in [1.165, 1.54) is 0 Å². The average molecular weight is 257 g/mol. The molecule has 0 saturated carbocycles. The number of nitrogens with one attached hydrogen (secondary N) is 1. The van der Waals surface area contributed by atoms with E-state index in [0.717, 1.165) is 12.8 Å². The molecule has 17 heavy (non-hydrogen) atoms. The van der Waals surface area contributed by atoms with Crippen LogP contribution in [0.4, 0.5) is 0 Å². The fourth-order valence-corrected chi connectivity index (χ4v) is 2.86. The molecule has 4 nitrogen and oxygen atoms in total. The molecule has 1 rings (SSSR count). The van der Waals surface area contributed by atoms with Crippen molar-refractivity contribution in [3.8, 4) is 5.75 Å². The first-order valence-electron chi connectivity index (χ1n) is 5.66. The molecular weight excluding hydrogens is 238 g/mol. The van der Waals surface area contributed by atoms with Crippen molar-refractivity contribution in [1.29, 1.82) is 0 Å². The Hall–Kier alpha value is -1.07. The lowest BCUT2D eigenvalue weighted by Gasteiger charge is -2.13. The van der Waals surface area contributed by atoms with E-state index in [1.807, 2.05) is 13.8 Å². The quantitative estimate of drug-likeness (QED) is 0.849. The normalized spacial score (nSPS) is 13.4. The van der Waals surface area contributed by atoms with Gasteiger partial charge >= 0.3 is 0 Å². The molecule has 0 radical (unpaired) electrons. The molecule has 0 aliphatic rings. The summed E-state index contributed by atoms with van der Waals surface area (Å²) in [5.74, 6) is 0.644. The Morgan fingerprint density at radius 2 is 1.88 bits per heavy atom. The van der Waals surface area contributed by atoms with Gasteiger partial charge in [-0.1, -0.05) is 13.3 Å². The van der Waals surface area contributed by atoms with Crippen LogP contribution in [0.2, 0.25) is 0 Å². The minimum Gasteiger partial charge on any atom is -0.497 e. The predicted molar refractivity (Wildman–Crippen MR) is 67.7 cm³/mol. The van der Waals surface area contributed by atoms with E-state index in [4.69, 9.17) is 4.74 Å². The van der Waals surface area contributed by atoms with E-state index >= 15 is 0 Å². The second-order valence-electron chi connectivity index (χ2n) is 3.99. The summed E-state index contributed by atoms with van der Waals surface area (Å²) in [6, 6.07) is 6.31. The predicted octanol–water partition coefficient (Wildman–Crippen LogP) is 2.16. The summed E-state index contributed by atoms with van der Waals surface area (Å²) in [5, 5.41) is 0. The van der Waals surface area contributed by atoms with E-state index in [1.54, 1.807) is 31.4 Å². The Labute approximate surface area is 103 Å². The SMILES string of the molecule is CCC[C@H](C)NS(=O)(=O)c1ccc(OC)cc1. The summed E-state index contributed by atoms with van der Waals surface area (Å²) >= 11 is 0. The van der Waals surface area contributed by atoms with Crippen molar-refractivity contribution >= 4 is 10.0 Å². The lowest BCUT2D eigenvalue weighted by molar-refractivity contribution is 0.414. The first-order chi connectivity index (χ1) is 7.99. The minimum absolute atomic E-state index is 0.0490. The third kappa shape index (κ3) is 4.02. The fraction of sp³-hybridized carbons (Fsp3) is 0.500. The van der Waals surface area contributed by atoms with Crippen molar-refractivity contribution in [2.45, 2.75) is 37.6 Å². The molecule has 0 aliphatic carbocycles. The van der Waals surface area contributed by atoms with Gasteiger partial charge in [-0.05, 0) is 37.6 Å². The molecule has 0 aliphatic heterocycles. The Morgan fingerprint density at radius 1 is 1.29 bits per heavy atom. The number of ether oxygens (including phenoxy) is 1. The van der Waals surface area contributed by atoms with Crippen molar-refractivity contribution in [3.63, 3.8) is 0 Å². The van der Waals surface area contributed by atoms with Gasteiger partial charge in [0.2, 0.25) is 10.0 Å². The maximum Gasteiger partial charge on any atom is 0.240 e. The van der Waals surface area contributed by atoms with E-state index in [2.05, 4.69) is 4.72 Å². The van der Waals surface area contributed by atoms with Crippen LogP contribution in [0.1, 0.15) is 26.7 Å². The molecule has 0 unspecified atom stereocenters. The molecule has 5 heteroatoms. The topological polar surface area (TPSA) is 55.4 Å². The van der Waals surface area contributed by atoms with Gasteiger partial charge in [-0.15, -0.1) is 0 Å². The number of rotatable bonds is 6. The monoisotopic (exact) mass is 257 g/mol. The van der Waals surface area contributed by atoms with Crippen LogP contribution in [-0.2, 0) is 10.0 Å². The van der Waals surface area contributed by atoms with Crippen LogP contribution in [0.3, 0.4) is 0 Å². The molecule has 0 saturated heterocycles. The average Bonchev–Trinajstić information content (AvgIpc) is 2.28. The minimum atomic E-state index is -3.41. The molecule has 0 fully saturated rings. The summed E-state index contributed by atoms with van der Waals surface area (Å²) < 4.78 is 31.6. The second kappa shape index (κ2) is 6.02. The van der Waals surface area contributed by atoms with Crippen molar-refractivity contribution in [2.24, 2.45) is 0 Å². The molecule has 1 atom stereocenters. The molecule has 1 N–H and O–H groups in total. The fourth-order valence-electron chi connectivity index (χ4n) is 1.58. The van der Waals surface area contributed by atoms with Gasteiger partial charge in [0.15, 0.2) is 0 Å². The highest BCUT2D eigenvalue weighted by atomic mass is 32.2. The van der Waals surface area contributed by atoms with E-state index in [-0.39, 0.29) is 10.9 Å². The number of sulfonamides is 1. The van der Waals surface area contributed by atoms with Gasteiger partial charge in [-0.2, -0.15) is 0 Å². The zero-order valence-electron chi connectivity index (χ0n) is 10.4. The van der Waals surface area contributed by atoms with Crippen LogP contribution in [0.25, 0.3) is 0 Å². The number of benzene rings is 1. The standard InChI is InChI=1S/C12H19NO3S/c1-4-5-10(2)13-17(14,15)12-8-6-11(16-3)7-9-12/h6-10,13H,4-5H2,1-3H3/t10-/m0/s1. The summed E-state index contributed by atoms with van der Waals surface area (Å²) in [4.78, 5) is 0.265. The van der Waals surface area contributed by atoms with Crippen LogP contribution in [0.5, 0.6) is 5.75 Å². The van der Waals surface area contributed by atoms with Gasteiger partial charge in [-0.3, -0.25) is 0 Å². The molecule has 0 aromatic heterocycles. The first kappa shape index (κ1) is 14.0. The molecule has 96 valence electrons. The summed E-state index contributed by atoms with van der Waals surface area (Å²) in [6.45, 7) is 3.89. The molecule has 1 aromatic rings. The largest absolute Gasteiger partial charge is 0.497 e. The van der Waals surface area contributed by atoms with Crippen molar-refractivity contribution in [3.05, 3.63) is 24.3 Å². The number of methoxy groups -OCH3 is 1. The summed E-state index contributed by atoms with van der Waals surface area (Å²) in [7, 11) is -1.87. The number of hydrogen-bond acceptors (Lipinski definition) is 3. The van der Waals surface area contributed by atoms with Crippen LogP contribution in [0, 0.1) is 0 Å². The van der Waals surface area contributed by atoms with Gasteiger partial charge in [0, 0.05) is 6.04 Å². The Morgan fingerprint density at radius 3 is 2.35 bits per heavy atom. The molecular formula is C12H19NO3S. The highest BCUT2D eigenvalue weighted by Crippen LogP contribution is 2.15. The van der Waals surface area contributed by atoms with Gasteiger partial charge in [0.1, 0.15) is 5.75 Å². The summed E-state index contributed by atoms with van der Waals surface area (Å²) in [6.07, 6.45) is 1.78. The van der Waals surface area contributed by atoms with Crippen LogP contribution < -0.4 is 9.46 Å². The molecule has 0 spiro atoms. The number of hydrogen-bond donors (Lipinski definition) is 1. The third-order valence-electron chi connectivity index (χ3n) is 2.45. The van der Waals surface area contributed by atoms with Gasteiger partial charge in [-0.25, -0.2) is 13.1 Å². The van der Waals surface area contributed by atoms with Gasteiger partial charge in [0.05, 0.1) is 12.0 Å². The Balaban J connectivity index is 2.82. The zero-order valence-corrected chi connectivity index (χ0v) is 11.3. The Kier molecular flexibility index (Phi) is 4.96. The van der Waals surface area contributed by atoms with Crippen molar-refractivity contribution in [2.75, 3.05) is 7.11 Å². The lowest BCUT2D eigenvalue weighted by Crippen LogP contribution is -2.32. The molecule has 0 amide bonds. The van der Waals surface area contributed by atoms with E-state index in [0.29, 0.717) is 5.75 Å². The maximum atomic E-state index is 12.0. The molecule has 0 bridgehead atoms. The second-order valence-corrected chi connectivity index (χ2v) is 5.70. The zero-order chi connectivity index (χ0) is 12.9. The third-order valence-corrected chi connectivity index (χ3v) is 4.05. The van der Waals surface area contributed by atoms with Crippen LogP contribution >= 0.6 is 0 Å². The van der Waals surface area contributed by atoms with Crippen molar-refractivity contribution in [1.82, 2.24) is 4.72 Å². The first-order valence-corrected chi connectivity index (χ1v) is 7.14. The van der Waals surface area contributed by atoms with Crippen LogP contribution in [-0.4, -0.2) is 21.6 Å². The van der Waals surface area contributed by atoms with E-state index < -0.39 is 10.0 Å². The van der Waals surface area contributed by atoms with Crippen LogP contribution in [0.15, 0.2) is 29.2 Å². The van der Waals surface area contributed by atoms with Crippen molar-refractivity contribution < 1.29 is 13.2 Å². The van der Waals surface area contributed by atoms with Gasteiger partial charge in [0.25, 0.3) is 0 Å². The highest BCUT2D eigenvalue weighted by Gasteiger charge is 2.16. The summed E-state index contributed by atoms with van der Waals surface area (Å²) in [5.41, 5.74) is 0. The molecule has 0 heterocycles.